The Labute approximate surface area is 147 Å². The molecular weight excluding hydrogens is 320 g/mol. The molecule has 0 bridgehead atoms. The molecule has 1 aliphatic rings. The topological polar surface area (TPSA) is 32.8 Å². The van der Waals surface area contributed by atoms with Crippen molar-refractivity contribution in [2.24, 2.45) is 0 Å². The number of anilines is 1. The highest BCUT2D eigenvalue weighted by Crippen LogP contribution is 2.23. The molecule has 1 aromatic carbocycles. The molecule has 5 heteroatoms. The number of thiophene rings is 1. The van der Waals surface area contributed by atoms with Crippen LogP contribution in [-0.4, -0.2) is 44.2 Å². The number of carbonyl (C=O) groups excluding carboxylic acids is 1. The van der Waals surface area contributed by atoms with Gasteiger partial charge in [-0.15, -0.1) is 11.3 Å². The van der Waals surface area contributed by atoms with E-state index in [1.807, 2.05) is 54.2 Å². The molecule has 0 saturated carbocycles. The van der Waals surface area contributed by atoms with Gasteiger partial charge in [-0.3, -0.25) is 4.79 Å². The monoisotopic (exact) mass is 344 g/mol. The third-order valence-corrected chi connectivity index (χ3v) is 5.29. The quantitative estimate of drug-likeness (QED) is 0.830. The van der Waals surface area contributed by atoms with Crippen LogP contribution in [0.25, 0.3) is 0 Å². The molecule has 0 unspecified atom stereocenters. The summed E-state index contributed by atoms with van der Waals surface area (Å²) in [5.41, 5.74) is 1.85. The molecule has 0 spiro atoms. The Bertz CT molecular complexity index is 647. The number of rotatable bonds is 5. The fourth-order valence-corrected chi connectivity index (χ4v) is 3.70. The molecule has 2 aromatic rings. The summed E-state index contributed by atoms with van der Waals surface area (Å²) >= 11 is 1.70. The average molecular weight is 344 g/mol. The van der Waals surface area contributed by atoms with Crippen molar-refractivity contribution in [3.63, 3.8) is 0 Å². The first-order valence-corrected chi connectivity index (χ1v) is 9.21. The fourth-order valence-electron chi connectivity index (χ4n) is 3.00. The predicted molar refractivity (Wildman–Crippen MR) is 98.8 cm³/mol. The summed E-state index contributed by atoms with van der Waals surface area (Å²) in [6, 6.07) is 12.2. The largest absolute Gasteiger partial charge is 0.381 e. The van der Waals surface area contributed by atoms with Crippen LogP contribution in [0.4, 0.5) is 5.69 Å². The Kier molecular flexibility index (Phi) is 5.53. The zero-order valence-corrected chi connectivity index (χ0v) is 15.1. The average Bonchev–Trinajstić information content (AvgIpc) is 3.13. The summed E-state index contributed by atoms with van der Waals surface area (Å²) in [6.45, 7) is 2.15. The fraction of sp³-hybridized carbons (Fsp3) is 0.421. The van der Waals surface area contributed by atoms with Crippen LogP contribution >= 0.6 is 11.3 Å². The van der Waals surface area contributed by atoms with Gasteiger partial charge in [-0.1, -0.05) is 6.07 Å². The van der Waals surface area contributed by atoms with Gasteiger partial charge in [0.1, 0.15) is 0 Å². The number of benzene rings is 1. The lowest BCUT2D eigenvalue weighted by molar-refractivity contribution is 0.0270. The summed E-state index contributed by atoms with van der Waals surface area (Å²) in [5.74, 6) is 0.112. The molecule has 1 fully saturated rings. The van der Waals surface area contributed by atoms with Gasteiger partial charge in [-0.2, -0.15) is 0 Å². The van der Waals surface area contributed by atoms with Crippen molar-refractivity contribution in [3.05, 3.63) is 52.2 Å². The van der Waals surface area contributed by atoms with E-state index in [2.05, 4.69) is 11.4 Å². The van der Waals surface area contributed by atoms with Crippen LogP contribution in [0.5, 0.6) is 0 Å². The van der Waals surface area contributed by atoms with Crippen LogP contribution < -0.4 is 4.90 Å². The number of carbonyl (C=O) groups is 1. The molecule has 1 saturated heterocycles. The van der Waals surface area contributed by atoms with Crippen LogP contribution in [-0.2, 0) is 11.3 Å². The van der Waals surface area contributed by atoms with E-state index in [0.717, 1.165) is 37.3 Å². The van der Waals surface area contributed by atoms with Crippen LogP contribution in [0, 0.1) is 0 Å². The molecule has 0 radical (unpaired) electrons. The van der Waals surface area contributed by atoms with E-state index in [4.69, 9.17) is 4.74 Å². The molecule has 0 N–H and O–H groups in total. The number of nitrogens with zero attached hydrogens (tertiary/aromatic N) is 2. The first-order chi connectivity index (χ1) is 11.6. The van der Waals surface area contributed by atoms with Crippen molar-refractivity contribution >= 4 is 22.9 Å². The minimum atomic E-state index is 0.112. The molecule has 4 nitrogen and oxygen atoms in total. The van der Waals surface area contributed by atoms with Crippen molar-refractivity contribution < 1.29 is 9.53 Å². The van der Waals surface area contributed by atoms with Gasteiger partial charge >= 0.3 is 0 Å². The first kappa shape index (κ1) is 17.0. The Balaban J connectivity index is 1.81. The van der Waals surface area contributed by atoms with Crippen molar-refractivity contribution in [2.45, 2.75) is 25.4 Å². The summed E-state index contributed by atoms with van der Waals surface area (Å²) in [5, 5.41) is 2.06. The normalized spacial score (nSPS) is 15.2. The van der Waals surface area contributed by atoms with Gasteiger partial charge in [-0.25, -0.2) is 0 Å². The molecule has 1 aromatic heterocycles. The maximum absolute atomic E-state index is 13.1. The summed E-state index contributed by atoms with van der Waals surface area (Å²) < 4.78 is 5.47. The van der Waals surface area contributed by atoms with E-state index >= 15 is 0 Å². The molecule has 0 atom stereocenters. The third kappa shape index (κ3) is 3.97. The van der Waals surface area contributed by atoms with Crippen LogP contribution in [0.1, 0.15) is 28.1 Å². The predicted octanol–water partition coefficient (Wildman–Crippen LogP) is 3.64. The van der Waals surface area contributed by atoms with Gasteiger partial charge in [0, 0.05) is 49.5 Å². The van der Waals surface area contributed by atoms with Gasteiger partial charge < -0.3 is 14.5 Å². The molecule has 2 heterocycles. The molecule has 128 valence electrons. The Morgan fingerprint density at radius 3 is 2.46 bits per heavy atom. The van der Waals surface area contributed by atoms with Crippen molar-refractivity contribution in [1.82, 2.24) is 4.90 Å². The van der Waals surface area contributed by atoms with Crippen molar-refractivity contribution in [3.8, 4) is 0 Å². The highest BCUT2D eigenvalue weighted by Gasteiger charge is 2.27. The van der Waals surface area contributed by atoms with Gasteiger partial charge in [0.25, 0.3) is 5.91 Å². The molecule has 1 amide bonds. The molecule has 1 aliphatic heterocycles. The summed E-state index contributed by atoms with van der Waals surface area (Å²) in [4.78, 5) is 18.4. The number of amides is 1. The zero-order valence-electron chi connectivity index (χ0n) is 14.3. The van der Waals surface area contributed by atoms with Crippen LogP contribution in [0.3, 0.4) is 0 Å². The highest BCUT2D eigenvalue weighted by atomic mass is 32.1. The number of hydrogen-bond donors (Lipinski definition) is 0. The van der Waals surface area contributed by atoms with Crippen LogP contribution in [0.15, 0.2) is 41.8 Å². The van der Waals surface area contributed by atoms with Gasteiger partial charge in [-0.05, 0) is 48.6 Å². The van der Waals surface area contributed by atoms with Crippen molar-refractivity contribution in [1.29, 1.82) is 0 Å². The van der Waals surface area contributed by atoms with E-state index in [1.165, 1.54) is 4.88 Å². The second-order valence-corrected chi connectivity index (χ2v) is 7.33. The van der Waals surface area contributed by atoms with E-state index in [0.29, 0.717) is 6.54 Å². The molecular formula is C19H24N2O2S. The summed E-state index contributed by atoms with van der Waals surface area (Å²) in [7, 11) is 4.00. The Morgan fingerprint density at radius 2 is 1.88 bits per heavy atom. The summed E-state index contributed by atoms with van der Waals surface area (Å²) in [6.07, 6.45) is 1.82. The second kappa shape index (κ2) is 7.81. The lowest BCUT2D eigenvalue weighted by atomic mass is 10.0. The maximum atomic E-state index is 13.1. The minimum Gasteiger partial charge on any atom is -0.381 e. The van der Waals surface area contributed by atoms with Gasteiger partial charge in [0.05, 0.1) is 6.54 Å². The van der Waals surface area contributed by atoms with E-state index in [-0.39, 0.29) is 11.9 Å². The Morgan fingerprint density at radius 1 is 1.17 bits per heavy atom. The lowest BCUT2D eigenvalue weighted by Crippen LogP contribution is -2.42. The highest BCUT2D eigenvalue weighted by molar-refractivity contribution is 7.09. The lowest BCUT2D eigenvalue weighted by Gasteiger charge is -2.34. The number of ether oxygens (including phenoxy) is 1. The number of hydrogen-bond acceptors (Lipinski definition) is 4. The second-order valence-electron chi connectivity index (χ2n) is 6.30. The van der Waals surface area contributed by atoms with Crippen molar-refractivity contribution in [2.75, 3.05) is 32.2 Å². The SMILES string of the molecule is CN(C)c1ccc(C(=O)N(Cc2cccs2)C2CCOCC2)cc1. The van der Waals surface area contributed by atoms with Gasteiger partial charge in [0.15, 0.2) is 0 Å². The first-order valence-electron chi connectivity index (χ1n) is 8.33. The molecule has 24 heavy (non-hydrogen) atoms. The van der Waals surface area contributed by atoms with E-state index in [1.54, 1.807) is 11.3 Å². The molecule has 3 rings (SSSR count). The minimum absolute atomic E-state index is 0.112. The molecule has 0 aliphatic carbocycles. The van der Waals surface area contributed by atoms with E-state index < -0.39 is 0 Å². The standard InChI is InChI=1S/C19H24N2O2S/c1-20(2)16-7-5-15(6-8-16)19(22)21(14-18-4-3-13-24-18)17-9-11-23-12-10-17/h3-8,13,17H,9-12,14H2,1-2H3. The zero-order chi connectivity index (χ0) is 16.9. The van der Waals surface area contributed by atoms with Crippen LogP contribution in [0.2, 0.25) is 0 Å². The smallest absolute Gasteiger partial charge is 0.254 e. The van der Waals surface area contributed by atoms with E-state index in [9.17, 15) is 4.79 Å². The van der Waals surface area contributed by atoms with Gasteiger partial charge in [0.2, 0.25) is 0 Å². The maximum Gasteiger partial charge on any atom is 0.254 e. The third-order valence-electron chi connectivity index (χ3n) is 4.43. The Hall–Kier alpha value is -1.85.